The normalized spacial score (nSPS) is 14.1. The number of aliphatic hydroxyl groups excluding tert-OH is 1. The van der Waals surface area contributed by atoms with Crippen LogP contribution in [-0.2, 0) is 13.2 Å². The van der Waals surface area contributed by atoms with Gasteiger partial charge in [0.15, 0.2) is 0 Å². The molecule has 0 radical (unpaired) electrons. The van der Waals surface area contributed by atoms with Crippen LogP contribution in [0.2, 0.25) is 0 Å². The van der Waals surface area contributed by atoms with Crippen LogP contribution in [0.25, 0.3) is 11.1 Å². The summed E-state index contributed by atoms with van der Waals surface area (Å²) in [6.45, 7) is 2.23. The largest absolute Gasteiger partial charge is 0.392 e. The standard InChI is InChI=1S/C25H27N3O2/c1-27(2)14-18-6-11-23(21(13-18)17-29)19-7-9-20(10-8-19)25(30)28-15-22(16-28)24-5-3-4-12-26-24/h3-13,22,29H,14-17H2,1-2H3. The van der Waals surface area contributed by atoms with Gasteiger partial charge in [0.2, 0.25) is 0 Å². The summed E-state index contributed by atoms with van der Waals surface area (Å²) in [7, 11) is 4.05. The molecule has 0 atom stereocenters. The maximum absolute atomic E-state index is 12.8. The Morgan fingerprint density at radius 3 is 2.50 bits per heavy atom. The van der Waals surface area contributed by atoms with E-state index < -0.39 is 0 Å². The fourth-order valence-electron chi connectivity index (χ4n) is 3.95. The topological polar surface area (TPSA) is 56.7 Å². The van der Waals surface area contributed by atoms with Gasteiger partial charge in [0.05, 0.1) is 6.61 Å². The summed E-state index contributed by atoms with van der Waals surface area (Å²) >= 11 is 0. The number of hydrogen-bond acceptors (Lipinski definition) is 4. The van der Waals surface area contributed by atoms with Crippen LogP contribution in [0.15, 0.2) is 66.9 Å². The first-order valence-corrected chi connectivity index (χ1v) is 10.2. The van der Waals surface area contributed by atoms with E-state index >= 15 is 0 Å². The van der Waals surface area contributed by atoms with Crippen LogP contribution in [0.3, 0.4) is 0 Å². The first-order valence-electron chi connectivity index (χ1n) is 10.2. The summed E-state index contributed by atoms with van der Waals surface area (Å²) in [5, 5.41) is 9.83. The Morgan fingerprint density at radius 1 is 1.10 bits per heavy atom. The predicted molar refractivity (Wildman–Crippen MR) is 118 cm³/mol. The van der Waals surface area contributed by atoms with Gasteiger partial charge in [-0.05, 0) is 60.6 Å². The molecule has 30 heavy (non-hydrogen) atoms. The van der Waals surface area contributed by atoms with Crippen LogP contribution in [0.1, 0.15) is 33.1 Å². The predicted octanol–water partition coefficient (Wildman–Crippen LogP) is 3.54. The van der Waals surface area contributed by atoms with Crippen LogP contribution in [0.5, 0.6) is 0 Å². The number of hydrogen-bond donors (Lipinski definition) is 1. The number of nitrogens with zero attached hydrogens (tertiary/aromatic N) is 3. The van der Waals surface area contributed by atoms with E-state index in [0.717, 1.165) is 28.9 Å². The van der Waals surface area contributed by atoms with Crippen molar-refractivity contribution in [2.75, 3.05) is 27.2 Å². The number of rotatable bonds is 6. The van der Waals surface area contributed by atoms with E-state index in [4.69, 9.17) is 0 Å². The summed E-state index contributed by atoms with van der Waals surface area (Å²) in [6, 6.07) is 19.8. The Hall–Kier alpha value is -3.02. The van der Waals surface area contributed by atoms with Gasteiger partial charge in [-0.2, -0.15) is 0 Å². The molecule has 1 fully saturated rings. The van der Waals surface area contributed by atoms with Crippen molar-refractivity contribution in [2.45, 2.75) is 19.1 Å². The van der Waals surface area contributed by atoms with Crippen LogP contribution >= 0.6 is 0 Å². The zero-order valence-electron chi connectivity index (χ0n) is 17.5. The molecule has 5 nitrogen and oxygen atoms in total. The smallest absolute Gasteiger partial charge is 0.253 e. The fourth-order valence-corrected chi connectivity index (χ4v) is 3.95. The minimum absolute atomic E-state index is 0.0139. The number of aromatic nitrogens is 1. The fraction of sp³-hybridized carbons (Fsp3) is 0.280. The lowest BCUT2D eigenvalue weighted by molar-refractivity contribution is 0.0599. The molecule has 3 aromatic rings. The number of benzene rings is 2. The van der Waals surface area contributed by atoms with Crippen molar-refractivity contribution in [1.29, 1.82) is 0 Å². The second kappa shape index (κ2) is 8.78. The van der Waals surface area contributed by atoms with Crippen molar-refractivity contribution in [1.82, 2.24) is 14.8 Å². The molecule has 1 amide bonds. The summed E-state index contributed by atoms with van der Waals surface area (Å²) in [5.74, 6) is 0.375. The number of pyridine rings is 1. The molecule has 2 heterocycles. The van der Waals surface area contributed by atoms with Gasteiger partial charge < -0.3 is 14.9 Å². The monoisotopic (exact) mass is 401 g/mol. The average Bonchev–Trinajstić information content (AvgIpc) is 2.73. The van der Waals surface area contributed by atoms with Crippen molar-refractivity contribution in [3.63, 3.8) is 0 Å². The maximum Gasteiger partial charge on any atom is 0.253 e. The summed E-state index contributed by atoms with van der Waals surface area (Å²) in [5.41, 5.74) is 5.80. The number of likely N-dealkylation sites (tertiary alicyclic amines) is 1. The summed E-state index contributed by atoms with van der Waals surface area (Å²) in [6.07, 6.45) is 1.80. The summed E-state index contributed by atoms with van der Waals surface area (Å²) in [4.78, 5) is 21.1. The van der Waals surface area contributed by atoms with E-state index in [1.54, 1.807) is 6.20 Å². The first-order chi connectivity index (χ1) is 14.5. The van der Waals surface area contributed by atoms with Crippen LogP contribution in [0.4, 0.5) is 0 Å². The Balaban J connectivity index is 1.45. The highest BCUT2D eigenvalue weighted by Gasteiger charge is 2.32. The highest BCUT2D eigenvalue weighted by atomic mass is 16.3. The molecule has 1 saturated heterocycles. The molecule has 1 aliphatic heterocycles. The SMILES string of the molecule is CN(C)Cc1ccc(-c2ccc(C(=O)N3CC(c4ccccn4)C3)cc2)c(CO)c1. The molecule has 0 spiro atoms. The highest BCUT2D eigenvalue weighted by Crippen LogP contribution is 2.29. The molecule has 154 valence electrons. The average molecular weight is 402 g/mol. The van der Waals surface area contributed by atoms with Crippen molar-refractivity contribution in [3.05, 3.63) is 89.2 Å². The van der Waals surface area contributed by atoms with Gasteiger partial charge in [0.1, 0.15) is 0 Å². The minimum Gasteiger partial charge on any atom is -0.392 e. The lowest BCUT2D eigenvalue weighted by Gasteiger charge is -2.39. The molecule has 0 saturated carbocycles. The second-order valence-corrected chi connectivity index (χ2v) is 8.13. The van der Waals surface area contributed by atoms with E-state index in [1.807, 2.05) is 73.6 Å². The maximum atomic E-state index is 12.8. The number of aliphatic hydroxyl groups is 1. The molecule has 4 rings (SSSR count). The molecule has 2 aromatic carbocycles. The molecule has 0 aliphatic carbocycles. The van der Waals surface area contributed by atoms with Gasteiger partial charge in [-0.1, -0.05) is 36.4 Å². The second-order valence-electron chi connectivity index (χ2n) is 8.13. The molecular weight excluding hydrogens is 374 g/mol. The van der Waals surface area contributed by atoms with Gasteiger partial charge in [-0.25, -0.2) is 0 Å². The van der Waals surface area contributed by atoms with Crippen LogP contribution < -0.4 is 0 Å². The summed E-state index contributed by atoms with van der Waals surface area (Å²) < 4.78 is 0. The van der Waals surface area contributed by atoms with E-state index in [1.165, 1.54) is 5.56 Å². The van der Waals surface area contributed by atoms with Crippen LogP contribution in [-0.4, -0.2) is 53.0 Å². The van der Waals surface area contributed by atoms with Crippen molar-refractivity contribution in [3.8, 4) is 11.1 Å². The van der Waals surface area contributed by atoms with E-state index in [-0.39, 0.29) is 12.5 Å². The lowest BCUT2D eigenvalue weighted by Crippen LogP contribution is -2.48. The Labute approximate surface area is 177 Å². The molecule has 0 bridgehead atoms. The number of amides is 1. The zero-order valence-corrected chi connectivity index (χ0v) is 17.5. The lowest BCUT2D eigenvalue weighted by atomic mass is 9.94. The number of carbonyl (C=O) groups excluding carboxylic acids is 1. The quantitative estimate of drug-likeness (QED) is 0.686. The Kier molecular flexibility index (Phi) is 5.93. The van der Waals surface area contributed by atoms with Gasteiger partial charge in [0.25, 0.3) is 5.91 Å². The Morgan fingerprint density at radius 2 is 1.87 bits per heavy atom. The van der Waals surface area contributed by atoms with Crippen molar-refractivity contribution < 1.29 is 9.90 Å². The van der Waals surface area contributed by atoms with Gasteiger partial charge in [-0.3, -0.25) is 9.78 Å². The molecule has 5 heteroatoms. The van der Waals surface area contributed by atoms with E-state index in [2.05, 4.69) is 16.0 Å². The van der Waals surface area contributed by atoms with Crippen molar-refractivity contribution >= 4 is 5.91 Å². The van der Waals surface area contributed by atoms with Gasteiger partial charge >= 0.3 is 0 Å². The molecular formula is C25H27N3O2. The third-order valence-corrected chi connectivity index (χ3v) is 5.56. The third kappa shape index (κ3) is 4.27. The van der Waals surface area contributed by atoms with Gasteiger partial charge in [-0.15, -0.1) is 0 Å². The molecule has 1 aromatic heterocycles. The van der Waals surface area contributed by atoms with E-state index in [9.17, 15) is 9.90 Å². The van der Waals surface area contributed by atoms with Crippen molar-refractivity contribution in [2.24, 2.45) is 0 Å². The van der Waals surface area contributed by atoms with E-state index in [0.29, 0.717) is 24.6 Å². The third-order valence-electron chi connectivity index (χ3n) is 5.56. The molecule has 1 aliphatic rings. The zero-order chi connectivity index (χ0) is 21.1. The highest BCUT2D eigenvalue weighted by molar-refractivity contribution is 5.95. The Bertz CT molecular complexity index is 1010. The molecule has 0 unspecified atom stereocenters. The number of carbonyl (C=O) groups is 1. The minimum atomic E-state index is -0.0139. The first kappa shape index (κ1) is 20.3. The van der Waals surface area contributed by atoms with Gasteiger partial charge in [0, 0.05) is 43.0 Å². The molecule has 1 N–H and O–H groups in total. The van der Waals surface area contributed by atoms with Crippen LogP contribution in [0, 0.1) is 0 Å².